The highest BCUT2D eigenvalue weighted by atomic mass is 35.5. The van der Waals surface area contributed by atoms with Gasteiger partial charge in [-0.3, -0.25) is 19.9 Å². The molecule has 2 aromatic carbocycles. The van der Waals surface area contributed by atoms with Gasteiger partial charge in [0.15, 0.2) is 5.82 Å². The van der Waals surface area contributed by atoms with E-state index in [1.54, 1.807) is 35.4 Å². The molecule has 254 valence electrons. The molecule has 12 heteroatoms. The number of aromatic nitrogens is 1. The average Bonchev–Trinajstić information content (AvgIpc) is 3.03. The standard InChI is InChI=1S/C36H39ClF2N4O5/c1-21-6-5-7-30(43-15-13-23(19-31(43)44)32-27(38)11-10-26(37)33(32)39)29-18-22(12-14-40-29)25-9-8-24(20-28(25)42-34(21)45)41-35(46)47-16-17-48-36(2,3)4/h8-12,14,18-21,30H,5-7,13,15-17H2,1-4H3,(H,41,46)(H,42,45)/t21-,30+/m1/s1. The number of hydrogen-bond acceptors (Lipinski definition) is 6. The van der Waals surface area contributed by atoms with Crippen LogP contribution < -0.4 is 10.6 Å². The zero-order valence-electron chi connectivity index (χ0n) is 27.4. The Hall–Kier alpha value is -4.35. The Morgan fingerprint density at radius 2 is 1.90 bits per heavy atom. The van der Waals surface area contributed by atoms with Crippen LogP contribution in [-0.2, 0) is 19.1 Å². The lowest BCUT2D eigenvalue weighted by Gasteiger charge is -2.34. The van der Waals surface area contributed by atoms with Gasteiger partial charge in [-0.1, -0.05) is 31.0 Å². The van der Waals surface area contributed by atoms with Crippen LogP contribution in [-0.4, -0.2) is 53.2 Å². The Morgan fingerprint density at radius 3 is 2.65 bits per heavy atom. The number of hydrogen-bond donors (Lipinski definition) is 2. The van der Waals surface area contributed by atoms with Crippen molar-refractivity contribution >= 4 is 46.5 Å². The van der Waals surface area contributed by atoms with E-state index in [0.29, 0.717) is 41.9 Å². The van der Waals surface area contributed by atoms with Gasteiger partial charge in [-0.05, 0) is 87.6 Å². The second-order valence-electron chi connectivity index (χ2n) is 13.0. The first kappa shape index (κ1) is 35.0. The molecule has 0 spiro atoms. The van der Waals surface area contributed by atoms with Crippen LogP contribution in [0.1, 0.15) is 70.7 Å². The molecule has 2 aliphatic rings. The van der Waals surface area contributed by atoms with Crippen LogP contribution in [0.4, 0.5) is 25.0 Å². The number of rotatable bonds is 6. The molecule has 0 saturated heterocycles. The number of anilines is 2. The van der Waals surface area contributed by atoms with Gasteiger partial charge in [-0.25, -0.2) is 13.6 Å². The second-order valence-corrected chi connectivity index (χ2v) is 13.4. The van der Waals surface area contributed by atoms with Gasteiger partial charge in [0.05, 0.1) is 40.2 Å². The molecule has 2 bridgehead atoms. The number of amides is 3. The largest absolute Gasteiger partial charge is 0.447 e. The quantitative estimate of drug-likeness (QED) is 0.201. The van der Waals surface area contributed by atoms with E-state index >= 15 is 0 Å². The average molecular weight is 681 g/mol. The van der Waals surface area contributed by atoms with Crippen molar-refractivity contribution in [3.05, 3.63) is 82.7 Å². The van der Waals surface area contributed by atoms with Crippen LogP contribution in [0.3, 0.4) is 0 Å². The number of fused-ring (bicyclic) bond motifs is 4. The van der Waals surface area contributed by atoms with Gasteiger partial charge >= 0.3 is 6.09 Å². The summed E-state index contributed by atoms with van der Waals surface area (Å²) in [5.41, 5.74) is 2.60. The summed E-state index contributed by atoms with van der Waals surface area (Å²) in [5, 5.41) is 5.51. The molecule has 9 nitrogen and oxygen atoms in total. The highest BCUT2D eigenvalue weighted by Gasteiger charge is 2.31. The molecule has 5 rings (SSSR count). The molecule has 3 heterocycles. The van der Waals surface area contributed by atoms with Gasteiger partial charge in [-0.15, -0.1) is 0 Å². The second kappa shape index (κ2) is 14.8. The number of benzene rings is 2. The van der Waals surface area contributed by atoms with Crippen molar-refractivity contribution in [2.75, 3.05) is 30.4 Å². The molecule has 0 saturated carbocycles. The van der Waals surface area contributed by atoms with Crippen LogP contribution in [0.2, 0.25) is 5.02 Å². The number of carbonyl (C=O) groups excluding carboxylic acids is 3. The molecular weight excluding hydrogens is 642 g/mol. The lowest BCUT2D eigenvalue weighted by atomic mass is 9.92. The van der Waals surface area contributed by atoms with Crippen molar-refractivity contribution in [1.82, 2.24) is 9.88 Å². The van der Waals surface area contributed by atoms with Gasteiger partial charge < -0.3 is 19.7 Å². The lowest BCUT2D eigenvalue weighted by Crippen LogP contribution is -2.38. The minimum atomic E-state index is -0.892. The van der Waals surface area contributed by atoms with Crippen LogP contribution in [0.25, 0.3) is 16.7 Å². The summed E-state index contributed by atoms with van der Waals surface area (Å²) in [7, 11) is 0. The van der Waals surface area contributed by atoms with E-state index in [-0.39, 0.29) is 59.8 Å². The van der Waals surface area contributed by atoms with Crippen molar-refractivity contribution in [1.29, 1.82) is 0 Å². The third kappa shape index (κ3) is 8.38. The molecule has 0 radical (unpaired) electrons. The number of pyridine rings is 1. The zero-order chi connectivity index (χ0) is 34.6. The van der Waals surface area contributed by atoms with Crippen LogP contribution in [0.5, 0.6) is 0 Å². The van der Waals surface area contributed by atoms with E-state index in [4.69, 9.17) is 21.1 Å². The molecule has 0 aliphatic carbocycles. The molecule has 1 aromatic heterocycles. The van der Waals surface area contributed by atoms with E-state index in [1.165, 1.54) is 6.08 Å². The van der Waals surface area contributed by atoms with E-state index in [0.717, 1.165) is 17.7 Å². The first-order chi connectivity index (χ1) is 22.8. The topological polar surface area (TPSA) is 110 Å². The zero-order valence-corrected chi connectivity index (χ0v) is 28.1. The van der Waals surface area contributed by atoms with Gasteiger partial charge in [0.1, 0.15) is 12.4 Å². The Labute approximate surface area is 283 Å². The third-order valence-electron chi connectivity index (χ3n) is 8.32. The normalized spacial score (nSPS) is 18.6. The number of halogens is 3. The van der Waals surface area contributed by atoms with Crippen LogP contribution in [0, 0.1) is 17.6 Å². The molecule has 0 fully saturated rings. The first-order valence-corrected chi connectivity index (χ1v) is 16.3. The highest BCUT2D eigenvalue weighted by molar-refractivity contribution is 6.31. The third-order valence-corrected chi connectivity index (χ3v) is 8.61. The molecule has 3 aromatic rings. The molecule has 2 N–H and O–H groups in total. The van der Waals surface area contributed by atoms with Crippen molar-refractivity contribution < 1.29 is 32.6 Å². The van der Waals surface area contributed by atoms with Crippen molar-refractivity contribution in [2.24, 2.45) is 5.92 Å². The fourth-order valence-electron chi connectivity index (χ4n) is 5.86. The number of ether oxygens (including phenoxy) is 2. The Morgan fingerprint density at radius 1 is 1.10 bits per heavy atom. The molecule has 2 atom stereocenters. The maximum absolute atomic E-state index is 14.8. The summed E-state index contributed by atoms with van der Waals surface area (Å²) >= 11 is 5.91. The molecule has 2 aliphatic heterocycles. The molecule has 3 amide bonds. The van der Waals surface area contributed by atoms with Crippen LogP contribution in [0.15, 0.2) is 54.7 Å². The monoisotopic (exact) mass is 680 g/mol. The van der Waals surface area contributed by atoms with E-state index in [9.17, 15) is 23.2 Å². The fraction of sp³-hybridized carbons (Fsp3) is 0.389. The van der Waals surface area contributed by atoms with Crippen molar-refractivity contribution in [3.63, 3.8) is 0 Å². The highest BCUT2D eigenvalue weighted by Crippen LogP contribution is 2.38. The van der Waals surface area contributed by atoms with E-state index in [2.05, 4.69) is 15.6 Å². The molecule has 0 unspecified atom stereocenters. The summed E-state index contributed by atoms with van der Waals surface area (Å²) in [6, 6.07) is 10.6. The van der Waals surface area contributed by atoms with Crippen molar-refractivity contribution in [3.8, 4) is 11.1 Å². The number of carbonyl (C=O) groups is 3. The van der Waals surface area contributed by atoms with Gasteiger partial charge in [-0.2, -0.15) is 0 Å². The first-order valence-electron chi connectivity index (χ1n) is 15.9. The van der Waals surface area contributed by atoms with E-state index in [1.807, 2.05) is 33.8 Å². The lowest BCUT2D eigenvalue weighted by molar-refractivity contribution is -0.129. The summed E-state index contributed by atoms with van der Waals surface area (Å²) in [6.45, 7) is 8.11. The van der Waals surface area contributed by atoms with Gasteiger partial charge in [0.25, 0.3) is 0 Å². The minimum Gasteiger partial charge on any atom is -0.447 e. The summed E-state index contributed by atoms with van der Waals surface area (Å²) in [4.78, 5) is 45.6. The van der Waals surface area contributed by atoms with E-state index < -0.39 is 29.7 Å². The van der Waals surface area contributed by atoms with Gasteiger partial charge in [0, 0.05) is 36.0 Å². The summed E-state index contributed by atoms with van der Waals surface area (Å²) in [5.74, 6) is -2.61. The minimum absolute atomic E-state index is 0.0776. The molecule has 48 heavy (non-hydrogen) atoms. The predicted molar refractivity (Wildman–Crippen MR) is 180 cm³/mol. The smallest absolute Gasteiger partial charge is 0.411 e. The Balaban J connectivity index is 1.42. The fourth-order valence-corrected chi connectivity index (χ4v) is 6.02. The summed E-state index contributed by atoms with van der Waals surface area (Å²) in [6.07, 6.45) is 4.17. The maximum Gasteiger partial charge on any atom is 0.411 e. The Bertz CT molecular complexity index is 1740. The predicted octanol–water partition coefficient (Wildman–Crippen LogP) is 8.16. The summed E-state index contributed by atoms with van der Waals surface area (Å²) < 4.78 is 40.2. The van der Waals surface area contributed by atoms with Crippen molar-refractivity contribution in [2.45, 2.75) is 65.0 Å². The molecular formula is C36H39ClF2N4O5. The van der Waals surface area contributed by atoms with Crippen LogP contribution >= 0.6 is 11.6 Å². The number of nitrogens with one attached hydrogen (secondary N) is 2. The Kier molecular flexibility index (Phi) is 10.8. The SMILES string of the molecule is C[C@@H]1CCC[C@H](N2CCC(c3c(F)ccc(Cl)c3F)=CC2=O)c2cc(ccn2)-c2ccc(NC(=O)OCCOC(C)(C)C)cc2NC1=O. The number of nitrogens with zero attached hydrogens (tertiary/aromatic N) is 2. The van der Waals surface area contributed by atoms with Gasteiger partial charge in [0.2, 0.25) is 11.8 Å². The maximum atomic E-state index is 14.8.